The van der Waals surface area contributed by atoms with Gasteiger partial charge in [-0.15, -0.1) is 0 Å². The Labute approximate surface area is 176 Å². The van der Waals surface area contributed by atoms with Crippen molar-refractivity contribution in [1.82, 2.24) is 0 Å². The lowest BCUT2D eigenvalue weighted by molar-refractivity contribution is -0.115. The topological polar surface area (TPSA) is 70.9 Å². The summed E-state index contributed by atoms with van der Waals surface area (Å²) in [5.74, 6) is 1.65. The van der Waals surface area contributed by atoms with Gasteiger partial charge in [-0.1, -0.05) is 24.3 Å². The summed E-state index contributed by atoms with van der Waals surface area (Å²) in [6.07, 6.45) is 4.74. The van der Waals surface area contributed by atoms with E-state index < -0.39 is 0 Å². The van der Waals surface area contributed by atoms with E-state index >= 15 is 0 Å². The van der Waals surface area contributed by atoms with Gasteiger partial charge in [0.15, 0.2) is 0 Å². The number of benzene rings is 2. The van der Waals surface area contributed by atoms with Gasteiger partial charge in [0.25, 0.3) is 0 Å². The van der Waals surface area contributed by atoms with E-state index in [1.54, 1.807) is 24.4 Å². The second-order valence-electron chi connectivity index (χ2n) is 7.69. The van der Waals surface area contributed by atoms with E-state index in [-0.39, 0.29) is 24.0 Å². The number of hydrogen-bond acceptors (Lipinski definition) is 4. The van der Waals surface area contributed by atoms with Crippen molar-refractivity contribution in [3.8, 4) is 5.75 Å². The molecule has 0 bridgehead atoms. The number of amides is 1. The summed E-state index contributed by atoms with van der Waals surface area (Å²) in [5.41, 5.74) is 5.47. The maximum absolute atomic E-state index is 12.4. The number of fused-ring (bicyclic) bond motifs is 1. The standard InChI is InChI=1S/C25H24N2O3/c1-15-7-10-22(30-23-14-26-17(3)25(15)23)19-8-9-21(16(2)11-19)27-24(29)13-18-5-4-6-20(28)12-18/h4-6,8-12,14,25,28H,1,7,13H2,2-3H3,(H,27,29). The Bertz CT molecular complexity index is 1120. The number of aryl methyl sites for hydroxylation is 1. The number of carbonyl (C=O) groups excluding carboxylic acids is 1. The van der Waals surface area contributed by atoms with Gasteiger partial charge in [0.05, 0.1) is 18.5 Å². The second-order valence-corrected chi connectivity index (χ2v) is 7.69. The van der Waals surface area contributed by atoms with Crippen molar-refractivity contribution >= 4 is 23.1 Å². The molecule has 0 aliphatic carbocycles. The number of allylic oxidation sites excluding steroid dienone is 2. The molecule has 0 saturated carbocycles. The highest BCUT2D eigenvalue weighted by Crippen LogP contribution is 2.37. The highest BCUT2D eigenvalue weighted by atomic mass is 16.5. The lowest BCUT2D eigenvalue weighted by atomic mass is 9.93. The number of aliphatic imine (C=N–C) groups is 1. The van der Waals surface area contributed by atoms with Crippen LogP contribution < -0.4 is 5.32 Å². The summed E-state index contributed by atoms with van der Waals surface area (Å²) < 4.78 is 6.16. The summed E-state index contributed by atoms with van der Waals surface area (Å²) in [7, 11) is 0. The third kappa shape index (κ3) is 4.06. The molecule has 152 valence electrons. The molecule has 2 aromatic rings. The van der Waals surface area contributed by atoms with Gasteiger partial charge in [-0.05, 0) is 67.8 Å². The van der Waals surface area contributed by atoms with Crippen LogP contribution in [0.5, 0.6) is 5.75 Å². The first-order chi connectivity index (χ1) is 14.4. The first-order valence-electron chi connectivity index (χ1n) is 9.89. The van der Waals surface area contributed by atoms with Crippen LogP contribution in [-0.2, 0) is 16.0 Å². The number of rotatable bonds is 4. The number of nitrogens with zero attached hydrogens (tertiary/aromatic N) is 1. The highest BCUT2D eigenvalue weighted by molar-refractivity contribution is 5.94. The molecule has 1 atom stereocenters. The first-order valence-corrected chi connectivity index (χ1v) is 9.89. The van der Waals surface area contributed by atoms with Crippen molar-refractivity contribution in [2.75, 3.05) is 5.32 Å². The molecule has 2 N–H and O–H groups in total. The monoisotopic (exact) mass is 400 g/mol. The number of aromatic hydroxyl groups is 1. The van der Waals surface area contributed by atoms with Crippen LogP contribution in [0.25, 0.3) is 5.76 Å². The van der Waals surface area contributed by atoms with Gasteiger partial charge in [-0.3, -0.25) is 9.79 Å². The largest absolute Gasteiger partial charge is 0.508 e. The van der Waals surface area contributed by atoms with E-state index in [4.69, 9.17) is 4.74 Å². The minimum atomic E-state index is -0.135. The second kappa shape index (κ2) is 8.03. The van der Waals surface area contributed by atoms with Crippen LogP contribution in [0.15, 0.2) is 77.6 Å². The molecule has 0 fully saturated rings. The maximum Gasteiger partial charge on any atom is 0.228 e. The molecule has 0 spiro atoms. The molecule has 1 amide bonds. The normalized spacial score (nSPS) is 17.9. The fourth-order valence-electron chi connectivity index (χ4n) is 3.79. The molecule has 0 saturated heterocycles. The van der Waals surface area contributed by atoms with E-state index in [2.05, 4.69) is 16.9 Å². The summed E-state index contributed by atoms with van der Waals surface area (Å²) in [6.45, 7) is 8.14. The minimum Gasteiger partial charge on any atom is -0.508 e. The highest BCUT2D eigenvalue weighted by Gasteiger charge is 2.29. The Balaban J connectivity index is 1.48. The molecular weight excluding hydrogens is 376 g/mol. The number of hydrogen-bond donors (Lipinski definition) is 2. The van der Waals surface area contributed by atoms with E-state index in [0.29, 0.717) is 0 Å². The van der Waals surface area contributed by atoms with Gasteiger partial charge in [0.1, 0.15) is 17.3 Å². The minimum absolute atomic E-state index is 0.0517. The number of nitrogens with one attached hydrogen (secondary N) is 1. The van der Waals surface area contributed by atoms with E-state index in [9.17, 15) is 9.90 Å². The predicted octanol–water partition coefficient (Wildman–Crippen LogP) is 5.13. The van der Waals surface area contributed by atoms with Gasteiger partial charge in [-0.2, -0.15) is 0 Å². The number of phenolic OH excluding ortho intramolecular Hbond substituents is 1. The van der Waals surface area contributed by atoms with Crippen LogP contribution in [0, 0.1) is 12.8 Å². The summed E-state index contributed by atoms with van der Waals surface area (Å²) in [5, 5.41) is 12.5. The van der Waals surface area contributed by atoms with E-state index in [0.717, 1.165) is 51.6 Å². The Kier molecular flexibility index (Phi) is 5.27. The lowest BCUT2D eigenvalue weighted by Crippen LogP contribution is -2.15. The Morgan fingerprint density at radius 2 is 2.10 bits per heavy atom. The van der Waals surface area contributed by atoms with Crippen LogP contribution >= 0.6 is 0 Å². The average molecular weight is 400 g/mol. The predicted molar refractivity (Wildman–Crippen MR) is 119 cm³/mol. The SMILES string of the molecule is C=C1CC=C(c2ccc(NC(=O)Cc3cccc(O)c3)c(C)c2)OC2=CN=C(C)C12. The van der Waals surface area contributed by atoms with E-state index in [1.165, 1.54) is 0 Å². The van der Waals surface area contributed by atoms with Gasteiger partial charge >= 0.3 is 0 Å². The fourth-order valence-corrected chi connectivity index (χ4v) is 3.79. The molecule has 5 heteroatoms. The summed E-state index contributed by atoms with van der Waals surface area (Å²) in [6, 6.07) is 12.5. The van der Waals surface area contributed by atoms with Crippen LogP contribution in [-0.4, -0.2) is 16.7 Å². The van der Waals surface area contributed by atoms with Crippen molar-refractivity contribution in [3.63, 3.8) is 0 Å². The molecule has 2 heterocycles. The third-order valence-corrected chi connectivity index (χ3v) is 5.34. The van der Waals surface area contributed by atoms with Crippen LogP contribution in [0.2, 0.25) is 0 Å². The molecule has 4 rings (SSSR count). The zero-order chi connectivity index (χ0) is 21.3. The summed E-state index contributed by atoms with van der Waals surface area (Å²) >= 11 is 0. The van der Waals surface area contributed by atoms with Gasteiger partial charge in [0, 0.05) is 17.0 Å². The van der Waals surface area contributed by atoms with Crippen molar-refractivity contribution in [2.24, 2.45) is 10.9 Å². The van der Waals surface area contributed by atoms with E-state index in [1.807, 2.05) is 44.2 Å². The van der Waals surface area contributed by atoms with Crippen LogP contribution in [0.3, 0.4) is 0 Å². The van der Waals surface area contributed by atoms with Crippen molar-refractivity contribution < 1.29 is 14.6 Å². The first kappa shape index (κ1) is 19.7. The average Bonchev–Trinajstić information content (AvgIpc) is 2.97. The summed E-state index contributed by atoms with van der Waals surface area (Å²) in [4.78, 5) is 16.8. The number of ether oxygens (including phenoxy) is 1. The van der Waals surface area contributed by atoms with Crippen molar-refractivity contribution in [1.29, 1.82) is 0 Å². The van der Waals surface area contributed by atoms with Crippen molar-refractivity contribution in [2.45, 2.75) is 26.7 Å². The molecule has 1 unspecified atom stereocenters. The fraction of sp³-hybridized carbons (Fsp3) is 0.200. The molecule has 2 aliphatic heterocycles. The molecule has 30 heavy (non-hydrogen) atoms. The molecular formula is C25H24N2O3. The zero-order valence-corrected chi connectivity index (χ0v) is 17.1. The Morgan fingerprint density at radius 1 is 1.27 bits per heavy atom. The van der Waals surface area contributed by atoms with Gasteiger partial charge in [-0.25, -0.2) is 0 Å². The number of carbonyl (C=O) groups is 1. The number of anilines is 1. The molecule has 5 nitrogen and oxygen atoms in total. The maximum atomic E-state index is 12.4. The molecule has 0 radical (unpaired) electrons. The van der Waals surface area contributed by atoms with Crippen LogP contribution in [0.1, 0.15) is 30.0 Å². The van der Waals surface area contributed by atoms with Gasteiger partial charge in [0.2, 0.25) is 5.91 Å². The Hall–Kier alpha value is -3.60. The Morgan fingerprint density at radius 3 is 2.87 bits per heavy atom. The molecule has 0 aromatic heterocycles. The van der Waals surface area contributed by atoms with Crippen LogP contribution in [0.4, 0.5) is 5.69 Å². The number of phenols is 1. The molecule has 2 aliphatic rings. The molecule has 2 aromatic carbocycles. The van der Waals surface area contributed by atoms with Gasteiger partial charge < -0.3 is 15.2 Å². The quantitative estimate of drug-likeness (QED) is 0.699. The lowest BCUT2D eigenvalue weighted by Gasteiger charge is -2.16. The van der Waals surface area contributed by atoms with Crippen molar-refractivity contribution in [3.05, 3.63) is 89.3 Å². The zero-order valence-electron chi connectivity index (χ0n) is 17.1. The third-order valence-electron chi connectivity index (χ3n) is 5.34. The smallest absolute Gasteiger partial charge is 0.228 e.